The highest BCUT2D eigenvalue weighted by molar-refractivity contribution is 5.76. The Hall–Kier alpha value is -2.02. The number of hydrogen-bond acceptors (Lipinski definition) is 3. The van der Waals surface area contributed by atoms with Gasteiger partial charge in [-0.1, -0.05) is 5.92 Å². The molecule has 0 radical (unpaired) electrons. The number of pyridine rings is 1. The second kappa shape index (κ2) is 4.87. The fourth-order valence-corrected chi connectivity index (χ4v) is 0.864. The Kier molecular flexibility index (Phi) is 3.50. The van der Waals surface area contributed by atoms with E-state index in [2.05, 4.69) is 16.8 Å². The molecule has 0 aliphatic carbocycles. The molecule has 0 atom stereocenters. The van der Waals surface area contributed by atoms with Crippen LogP contribution in [0.3, 0.4) is 0 Å². The standard InChI is InChI=1S/C10H10N2O2/c1-14-9-5-3-7-12-8(9)4-2-6-10(11)13/h3,5,7H,6H2,1H3,(H2,11,13). The highest BCUT2D eigenvalue weighted by Crippen LogP contribution is 2.12. The molecule has 1 rings (SSSR count). The molecular formula is C10H10N2O2. The number of nitrogens with zero attached hydrogens (tertiary/aromatic N) is 1. The van der Waals surface area contributed by atoms with Crippen LogP contribution in [0.15, 0.2) is 18.3 Å². The number of hydrogen-bond donors (Lipinski definition) is 1. The van der Waals surface area contributed by atoms with E-state index in [1.807, 2.05) is 0 Å². The van der Waals surface area contributed by atoms with Gasteiger partial charge in [-0.05, 0) is 18.1 Å². The van der Waals surface area contributed by atoms with Gasteiger partial charge in [-0.25, -0.2) is 4.98 Å². The highest BCUT2D eigenvalue weighted by Gasteiger charge is 1.97. The molecule has 0 saturated heterocycles. The van der Waals surface area contributed by atoms with Crippen LogP contribution in [0.25, 0.3) is 0 Å². The third-order valence-corrected chi connectivity index (χ3v) is 1.46. The maximum absolute atomic E-state index is 10.4. The van der Waals surface area contributed by atoms with Gasteiger partial charge in [0.05, 0.1) is 13.5 Å². The van der Waals surface area contributed by atoms with Crippen LogP contribution in [0.5, 0.6) is 5.75 Å². The molecule has 0 fully saturated rings. The lowest BCUT2D eigenvalue weighted by Gasteiger charge is -1.99. The SMILES string of the molecule is COc1cccnc1C#CCC(N)=O. The van der Waals surface area contributed by atoms with E-state index in [4.69, 9.17) is 10.5 Å². The summed E-state index contributed by atoms with van der Waals surface area (Å²) in [6.45, 7) is 0. The summed E-state index contributed by atoms with van der Waals surface area (Å²) in [5.74, 6) is 5.45. The summed E-state index contributed by atoms with van der Waals surface area (Å²) in [4.78, 5) is 14.4. The first-order valence-electron chi connectivity index (χ1n) is 4.00. The van der Waals surface area contributed by atoms with Crippen molar-refractivity contribution in [3.05, 3.63) is 24.0 Å². The van der Waals surface area contributed by atoms with Crippen LogP contribution in [-0.2, 0) is 4.79 Å². The number of amides is 1. The summed E-state index contributed by atoms with van der Waals surface area (Å²) in [5.41, 5.74) is 5.44. The highest BCUT2D eigenvalue weighted by atomic mass is 16.5. The van der Waals surface area contributed by atoms with Crippen molar-refractivity contribution < 1.29 is 9.53 Å². The number of primary amides is 1. The van der Waals surface area contributed by atoms with Crippen molar-refractivity contribution >= 4 is 5.91 Å². The smallest absolute Gasteiger partial charge is 0.229 e. The van der Waals surface area contributed by atoms with Crippen molar-refractivity contribution in [2.24, 2.45) is 5.73 Å². The van der Waals surface area contributed by atoms with Crippen LogP contribution < -0.4 is 10.5 Å². The zero-order valence-electron chi connectivity index (χ0n) is 7.78. The molecule has 0 aliphatic heterocycles. The van der Waals surface area contributed by atoms with Crippen LogP contribution in [0, 0.1) is 11.8 Å². The maximum Gasteiger partial charge on any atom is 0.229 e. The topological polar surface area (TPSA) is 65.2 Å². The number of methoxy groups -OCH3 is 1. The Labute approximate surface area is 82.1 Å². The van der Waals surface area contributed by atoms with Gasteiger partial charge in [0.15, 0.2) is 11.4 Å². The van der Waals surface area contributed by atoms with Gasteiger partial charge in [-0.15, -0.1) is 0 Å². The van der Waals surface area contributed by atoms with Gasteiger partial charge >= 0.3 is 0 Å². The minimum atomic E-state index is -0.451. The van der Waals surface area contributed by atoms with E-state index in [0.717, 1.165) is 0 Å². The van der Waals surface area contributed by atoms with E-state index in [-0.39, 0.29) is 6.42 Å². The molecule has 0 aromatic carbocycles. The minimum Gasteiger partial charge on any atom is -0.494 e. The number of nitrogens with two attached hydrogens (primary N) is 1. The maximum atomic E-state index is 10.4. The summed E-state index contributed by atoms with van der Waals surface area (Å²) in [6, 6.07) is 3.50. The fourth-order valence-electron chi connectivity index (χ4n) is 0.864. The molecular weight excluding hydrogens is 180 g/mol. The largest absolute Gasteiger partial charge is 0.494 e. The van der Waals surface area contributed by atoms with Crippen molar-refractivity contribution in [1.82, 2.24) is 4.98 Å². The monoisotopic (exact) mass is 190 g/mol. The molecule has 72 valence electrons. The Morgan fingerprint density at radius 2 is 2.50 bits per heavy atom. The molecule has 0 saturated carbocycles. The van der Waals surface area contributed by atoms with Crippen molar-refractivity contribution in [3.8, 4) is 17.6 Å². The van der Waals surface area contributed by atoms with E-state index < -0.39 is 5.91 Å². The lowest BCUT2D eigenvalue weighted by Crippen LogP contribution is -2.08. The van der Waals surface area contributed by atoms with Gasteiger partial charge in [0.25, 0.3) is 0 Å². The van der Waals surface area contributed by atoms with Crippen LogP contribution in [0.2, 0.25) is 0 Å². The molecule has 1 amide bonds. The van der Waals surface area contributed by atoms with E-state index in [0.29, 0.717) is 11.4 Å². The first-order chi connectivity index (χ1) is 6.74. The predicted octanol–water partition coefficient (Wildman–Crippen LogP) is 0.317. The van der Waals surface area contributed by atoms with Gasteiger partial charge < -0.3 is 10.5 Å². The van der Waals surface area contributed by atoms with E-state index in [9.17, 15) is 4.79 Å². The van der Waals surface area contributed by atoms with Gasteiger partial charge in [0.2, 0.25) is 5.91 Å². The molecule has 0 spiro atoms. The first-order valence-corrected chi connectivity index (χ1v) is 4.00. The molecule has 4 nitrogen and oxygen atoms in total. The van der Waals surface area contributed by atoms with Gasteiger partial charge in [-0.2, -0.15) is 0 Å². The van der Waals surface area contributed by atoms with Gasteiger partial charge in [-0.3, -0.25) is 4.79 Å². The van der Waals surface area contributed by atoms with Crippen LogP contribution in [0.1, 0.15) is 12.1 Å². The zero-order valence-corrected chi connectivity index (χ0v) is 7.78. The van der Waals surface area contributed by atoms with Gasteiger partial charge in [0.1, 0.15) is 0 Å². The lowest BCUT2D eigenvalue weighted by molar-refractivity contribution is -0.117. The molecule has 4 heteroatoms. The number of aromatic nitrogens is 1. The average Bonchev–Trinajstić information content (AvgIpc) is 2.18. The number of ether oxygens (including phenoxy) is 1. The van der Waals surface area contributed by atoms with Crippen molar-refractivity contribution in [3.63, 3.8) is 0 Å². The van der Waals surface area contributed by atoms with Crippen LogP contribution >= 0.6 is 0 Å². The van der Waals surface area contributed by atoms with E-state index in [1.54, 1.807) is 18.3 Å². The number of rotatable bonds is 2. The molecule has 1 aromatic heterocycles. The average molecular weight is 190 g/mol. The summed E-state index contributed by atoms with van der Waals surface area (Å²) < 4.78 is 5.02. The zero-order chi connectivity index (χ0) is 10.4. The van der Waals surface area contributed by atoms with Crippen LogP contribution in [-0.4, -0.2) is 18.0 Å². The van der Waals surface area contributed by atoms with E-state index >= 15 is 0 Å². The van der Waals surface area contributed by atoms with Crippen molar-refractivity contribution in [2.45, 2.75) is 6.42 Å². The molecule has 1 aromatic rings. The minimum absolute atomic E-state index is 0.0275. The Morgan fingerprint density at radius 3 is 3.14 bits per heavy atom. The first kappa shape index (κ1) is 10.1. The summed E-state index contributed by atoms with van der Waals surface area (Å²) in [7, 11) is 1.54. The molecule has 1 heterocycles. The number of carbonyl (C=O) groups excluding carboxylic acids is 1. The Morgan fingerprint density at radius 1 is 1.71 bits per heavy atom. The molecule has 14 heavy (non-hydrogen) atoms. The third-order valence-electron chi connectivity index (χ3n) is 1.46. The Balaban J connectivity index is 2.83. The summed E-state index contributed by atoms with van der Waals surface area (Å²) >= 11 is 0. The van der Waals surface area contributed by atoms with Gasteiger partial charge in [0, 0.05) is 6.20 Å². The van der Waals surface area contributed by atoms with Crippen LogP contribution in [0.4, 0.5) is 0 Å². The predicted molar refractivity (Wildman–Crippen MR) is 51.5 cm³/mol. The van der Waals surface area contributed by atoms with E-state index in [1.165, 1.54) is 7.11 Å². The second-order valence-corrected chi connectivity index (χ2v) is 2.50. The fraction of sp³-hybridized carbons (Fsp3) is 0.200. The quantitative estimate of drug-likeness (QED) is 0.683. The molecule has 0 unspecified atom stereocenters. The van der Waals surface area contributed by atoms with Crippen molar-refractivity contribution in [2.75, 3.05) is 7.11 Å². The normalized spacial score (nSPS) is 8.64. The Bertz CT molecular complexity index is 391. The molecule has 0 bridgehead atoms. The molecule has 0 aliphatic rings. The second-order valence-electron chi connectivity index (χ2n) is 2.50. The number of carbonyl (C=O) groups is 1. The van der Waals surface area contributed by atoms with Crippen molar-refractivity contribution in [1.29, 1.82) is 0 Å². The summed E-state index contributed by atoms with van der Waals surface area (Å²) in [5, 5.41) is 0. The third kappa shape index (κ3) is 2.79. The molecule has 2 N–H and O–H groups in total. The summed E-state index contributed by atoms with van der Waals surface area (Å²) in [6.07, 6.45) is 1.64. The lowest BCUT2D eigenvalue weighted by atomic mass is 10.3.